The topological polar surface area (TPSA) is 86.8 Å². The lowest BCUT2D eigenvalue weighted by molar-refractivity contribution is -0.139. The number of benzene rings is 3. The van der Waals surface area contributed by atoms with Crippen molar-refractivity contribution in [3.63, 3.8) is 0 Å². The van der Waals surface area contributed by atoms with Gasteiger partial charge in [-0.25, -0.2) is 8.42 Å². The number of carbonyl (C=O) groups is 2. The van der Waals surface area contributed by atoms with Gasteiger partial charge in [-0.15, -0.1) is 0 Å². The maximum absolute atomic E-state index is 13.9. The molecule has 7 nitrogen and oxygen atoms in total. The van der Waals surface area contributed by atoms with Gasteiger partial charge in [0.2, 0.25) is 11.8 Å². The van der Waals surface area contributed by atoms with Crippen molar-refractivity contribution in [3.05, 3.63) is 94.5 Å². The van der Waals surface area contributed by atoms with Gasteiger partial charge in [-0.1, -0.05) is 78.7 Å². The van der Waals surface area contributed by atoms with Gasteiger partial charge in [0, 0.05) is 13.1 Å². The third-order valence-electron chi connectivity index (χ3n) is 6.02. The number of anilines is 1. The Hall–Kier alpha value is -3.07. The van der Waals surface area contributed by atoms with E-state index in [0.29, 0.717) is 19.4 Å². The van der Waals surface area contributed by atoms with Crippen LogP contribution in [0.25, 0.3) is 0 Å². The Kier molecular flexibility index (Phi) is 10.6. The van der Waals surface area contributed by atoms with Crippen LogP contribution >= 0.6 is 23.2 Å². The van der Waals surface area contributed by atoms with Gasteiger partial charge in [0.25, 0.3) is 10.0 Å². The highest BCUT2D eigenvalue weighted by atomic mass is 35.5. The summed E-state index contributed by atoms with van der Waals surface area (Å²) in [5, 5.41) is 3.20. The highest BCUT2D eigenvalue weighted by molar-refractivity contribution is 7.92. The molecule has 0 aromatic heterocycles. The fourth-order valence-corrected chi connectivity index (χ4v) is 5.80. The number of likely N-dealkylation sites (N-methyl/N-ethyl adjacent to an activating group) is 1. The molecule has 0 aliphatic carbocycles. The lowest BCUT2D eigenvalue weighted by Crippen LogP contribution is -2.53. The summed E-state index contributed by atoms with van der Waals surface area (Å²) in [5.74, 6) is -0.798. The second-order valence-electron chi connectivity index (χ2n) is 8.56. The van der Waals surface area contributed by atoms with Crippen molar-refractivity contribution >= 4 is 50.7 Å². The summed E-state index contributed by atoms with van der Waals surface area (Å²) in [6.07, 6.45) is 0.866. The number of amides is 2. The SMILES string of the molecule is CCNC(=O)[C@@H](CC)N(CCc1ccccc1)C(=O)CN(c1ccc(Cl)c(Cl)c1)S(=O)(=O)c1ccccc1. The van der Waals surface area contributed by atoms with Crippen LogP contribution in [0.3, 0.4) is 0 Å². The van der Waals surface area contributed by atoms with E-state index < -0.39 is 28.5 Å². The molecule has 3 rings (SSSR count). The molecule has 0 radical (unpaired) electrons. The van der Waals surface area contributed by atoms with Crippen LogP contribution in [-0.4, -0.2) is 50.8 Å². The number of nitrogens with one attached hydrogen (secondary N) is 1. The molecular formula is C28H31Cl2N3O4S. The fourth-order valence-electron chi connectivity index (χ4n) is 4.08. The summed E-state index contributed by atoms with van der Waals surface area (Å²) < 4.78 is 28.5. The third-order valence-corrected chi connectivity index (χ3v) is 8.55. The molecule has 0 aliphatic heterocycles. The summed E-state index contributed by atoms with van der Waals surface area (Å²) in [4.78, 5) is 28.3. The van der Waals surface area contributed by atoms with Gasteiger partial charge in [-0.05, 0) is 55.7 Å². The number of nitrogens with zero attached hydrogens (tertiary/aromatic N) is 2. The number of hydrogen-bond acceptors (Lipinski definition) is 4. The summed E-state index contributed by atoms with van der Waals surface area (Å²) in [5.41, 5.74) is 1.18. The molecule has 0 spiro atoms. The van der Waals surface area contributed by atoms with Crippen LogP contribution in [0, 0.1) is 0 Å². The van der Waals surface area contributed by atoms with Gasteiger partial charge >= 0.3 is 0 Å². The minimum Gasteiger partial charge on any atom is -0.355 e. The number of hydrogen-bond donors (Lipinski definition) is 1. The van der Waals surface area contributed by atoms with Crippen LogP contribution < -0.4 is 9.62 Å². The molecule has 1 atom stereocenters. The summed E-state index contributed by atoms with van der Waals surface area (Å²) in [6.45, 7) is 3.74. The molecule has 202 valence electrons. The van der Waals surface area contributed by atoms with Gasteiger partial charge in [0.1, 0.15) is 12.6 Å². The Balaban J connectivity index is 2.01. The molecule has 3 aromatic rings. The molecule has 0 bridgehead atoms. The van der Waals surface area contributed by atoms with E-state index in [0.717, 1.165) is 9.87 Å². The van der Waals surface area contributed by atoms with Gasteiger partial charge in [-0.3, -0.25) is 13.9 Å². The molecule has 0 saturated heterocycles. The lowest BCUT2D eigenvalue weighted by Gasteiger charge is -2.33. The van der Waals surface area contributed by atoms with E-state index in [9.17, 15) is 18.0 Å². The van der Waals surface area contributed by atoms with Crippen molar-refractivity contribution in [2.24, 2.45) is 0 Å². The van der Waals surface area contributed by atoms with Crippen molar-refractivity contribution in [1.82, 2.24) is 10.2 Å². The number of rotatable bonds is 12. The Labute approximate surface area is 234 Å². The highest BCUT2D eigenvalue weighted by Crippen LogP contribution is 2.30. The third kappa shape index (κ3) is 7.28. The smallest absolute Gasteiger partial charge is 0.264 e. The average molecular weight is 577 g/mol. The summed E-state index contributed by atoms with van der Waals surface area (Å²) >= 11 is 12.3. The molecule has 0 unspecified atom stereocenters. The Morgan fingerprint density at radius 1 is 0.895 bits per heavy atom. The van der Waals surface area contributed by atoms with E-state index in [4.69, 9.17) is 23.2 Å². The minimum absolute atomic E-state index is 0.0190. The zero-order valence-corrected chi connectivity index (χ0v) is 23.6. The molecule has 1 N–H and O–H groups in total. The van der Waals surface area contributed by atoms with E-state index in [1.165, 1.54) is 35.2 Å². The van der Waals surface area contributed by atoms with Crippen LogP contribution in [0.1, 0.15) is 25.8 Å². The monoisotopic (exact) mass is 575 g/mol. The second kappa shape index (κ2) is 13.6. The molecule has 0 heterocycles. The first kappa shape index (κ1) is 29.5. The number of sulfonamides is 1. The quantitative estimate of drug-likeness (QED) is 0.322. The first-order valence-corrected chi connectivity index (χ1v) is 14.5. The van der Waals surface area contributed by atoms with Gasteiger partial charge in [-0.2, -0.15) is 0 Å². The van der Waals surface area contributed by atoms with Crippen molar-refractivity contribution in [2.45, 2.75) is 37.6 Å². The zero-order chi connectivity index (χ0) is 27.7. The molecule has 2 amide bonds. The number of carbonyl (C=O) groups excluding carboxylic acids is 2. The van der Waals surface area contributed by atoms with Gasteiger partial charge < -0.3 is 10.2 Å². The van der Waals surface area contributed by atoms with Crippen LogP contribution in [0.4, 0.5) is 5.69 Å². The lowest BCUT2D eigenvalue weighted by atomic mass is 10.1. The predicted molar refractivity (Wildman–Crippen MR) is 152 cm³/mol. The molecule has 38 heavy (non-hydrogen) atoms. The van der Waals surface area contributed by atoms with Crippen molar-refractivity contribution in [2.75, 3.05) is 23.9 Å². The average Bonchev–Trinajstić information content (AvgIpc) is 2.92. The van der Waals surface area contributed by atoms with E-state index in [1.54, 1.807) is 25.1 Å². The maximum atomic E-state index is 13.9. The maximum Gasteiger partial charge on any atom is 0.264 e. The van der Waals surface area contributed by atoms with Crippen LogP contribution in [-0.2, 0) is 26.0 Å². The second-order valence-corrected chi connectivity index (χ2v) is 11.2. The number of halogens is 2. The predicted octanol–water partition coefficient (Wildman–Crippen LogP) is 5.17. The van der Waals surface area contributed by atoms with Gasteiger partial charge in [0.15, 0.2) is 0 Å². The normalized spacial score (nSPS) is 12.0. The van der Waals surface area contributed by atoms with Crippen LogP contribution in [0.15, 0.2) is 83.8 Å². The van der Waals surface area contributed by atoms with E-state index in [1.807, 2.05) is 37.3 Å². The zero-order valence-electron chi connectivity index (χ0n) is 21.3. The van der Waals surface area contributed by atoms with E-state index in [-0.39, 0.29) is 33.1 Å². The summed E-state index contributed by atoms with van der Waals surface area (Å²) in [6, 6.07) is 21.1. The molecule has 0 saturated carbocycles. The summed E-state index contributed by atoms with van der Waals surface area (Å²) in [7, 11) is -4.16. The minimum atomic E-state index is -4.16. The van der Waals surface area contributed by atoms with Crippen LogP contribution in [0.5, 0.6) is 0 Å². The first-order chi connectivity index (χ1) is 18.2. The Bertz CT molecular complexity index is 1340. The van der Waals surface area contributed by atoms with Crippen LogP contribution in [0.2, 0.25) is 10.0 Å². The van der Waals surface area contributed by atoms with Gasteiger partial charge in [0.05, 0.1) is 20.6 Å². The Morgan fingerprint density at radius 3 is 2.11 bits per heavy atom. The van der Waals surface area contributed by atoms with E-state index in [2.05, 4.69) is 5.32 Å². The van der Waals surface area contributed by atoms with Crippen molar-refractivity contribution in [1.29, 1.82) is 0 Å². The highest BCUT2D eigenvalue weighted by Gasteiger charge is 2.33. The Morgan fingerprint density at radius 2 is 1.53 bits per heavy atom. The standard InChI is InChI=1S/C28H31Cl2N3O4S/c1-3-26(28(35)31-4-2)32(18-17-21-11-7-5-8-12-21)27(34)20-33(22-15-16-24(29)25(30)19-22)38(36,37)23-13-9-6-10-14-23/h5-16,19,26H,3-4,17-18,20H2,1-2H3,(H,31,35)/t26-/m1/s1. The molecule has 10 heteroatoms. The fraction of sp³-hybridized carbons (Fsp3) is 0.286. The molecule has 0 fully saturated rings. The first-order valence-electron chi connectivity index (χ1n) is 12.3. The van der Waals surface area contributed by atoms with E-state index >= 15 is 0 Å². The van der Waals surface area contributed by atoms with Crippen molar-refractivity contribution in [3.8, 4) is 0 Å². The molecule has 3 aromatic carbocycles. The molecular weight excluding hydrogens is 545 g/mol. The molecule has 0 aliphatic rings. The largest absolute Gasteiger partial charge is 0.355 e. The van der Waals surface area contributed by atoms with Crippen molar-refractivity contribution < 1.29 is 18.0 Å².